The van der Waals surface area contributed by atoms with E-state index in [4.69, 9.17) is 9.47 Å². The lowest BCUT2D eigenvalue weighted by Gasteiger charge is -2.52. The first kappa shape index (κ1) is 15.3. The number of nitrogens with one attached hydrogen (secondary N) is 1. The summed E-state index contributed by atoms with van der Waals surface area (Å²) in [5.74, 6) is 0.913. The van der Waals surface area contributed by atoms with Gasteiger partial charge in [0.15, 0.2) is 0 Å². The molecule has 1 aliphatic rings. The maximum Gasteiger partial charge on any atom is 0.119 e. The molecule has 3 heteroatoms. The molecular weight excluding hydrogens is 250 g/mol. The van der Waals surface area contributed by atoms with Crippen LogP contribution in [0.5, 0.6) is 5.75 Å². The van der Waals surface area contributed by atoms with Gasteiger partial charge in [0.1, 0.15) is 5.75 Å². The van der Waals surface area contributed by atoms with E-state index in [1.165, 1.54) is 5.56 Å². The Bertz CT molecular complexity index is 444. The molecule has 0 aromatic heterocycles. The minimum Gasteiger partial charge on any atom is -0.497 e. The maximum atomic E-state index is 5.79. The second-order valence-corrected chi connectivity index (χ2v) is 6.22. The van der Waals surface area contributed by atoms with Crippen LogP contribution in [0.2, 0.25) is 0 Å². The first-order valence-corrected chi connectivity index (χ1v) is 7.50. The van der Waals surface area contributed by atoms with E-state index in [-0.39, 0.29) is 5.41 Å². The van der Waals surface area contributed by atoms with Crippen molar-refractivity contribution in [2.45, 2.75) is 52.3 Å². The number of hydrogen-bond donors (Lipinski definition) is 1. The number of methoxy groups -OCH3 is 1. The normalized spacial score (nSPS) is 25.9. The van der Waals surface area contributed by atoms with Gasteiger partial charge in [0.05, 0.1) is 13.2 Å². The van der Waals surface area contributed by atoms with Crippen LogP contribution < -0.4 is 10.1 Å². The summed E-state index contributed by atoms with van der Waals surface area (Å²) in [6.45, 7) is 9.64. The van der Waals surface area contributed by atoms with Gasteiger partial charge in [-0.3, -0.25) is 0 Å². The fraction of sp³-hybridized carbons (Fsp3) is 0.647. The van der Waals surface area contributed by atoms with Gasteiger partial charge in [-0.25, -0.2) is 0 Å². The minimum atomic E-state index is 0.198. The molecule has 0 saturated heterocycles. The third kappa shape index (κ3) is 2.99. The Morgan fingerprint density at radius 3 is 2.75 bits per heavy atom. The van der Waals surface area contributed by atoms with Crippen molar-refractivity contribution in [1.82, 2.24) is 5.32 Å². The van der Waals surface area contributed by atoms with Gasteiger partial charge in [0.25, 0.3) is 0 Å². The molecule has 0 spiro atoms. The van der Waals surface area contributed by atoms with Gasteiger partial charge >= 0.3 is 0 Å². The number of hydrogen-bond acceptors (Lipinski definition) is 3. The fourth-order valence-corrected chi connectivity index (χ4v) is 2.96. The average molecular weight is 277 g/mol. The van der Waals surface area contributed by atoms with Crippen molar-refractivity contribution in [1.29, 1.82) is 0 Å². The SMILES string of the molecule is CCOC1CC(N[C@H](C)c2cccc(OC)c2)C1(C)C. The molecule has 1 N–H and O–H groups in total. The number of rotatable bonds is 6. The van der Waals surface area contributed by atoms with Gasteiger partial charge in [-0.15, -0.1) is 0 Å². The Morgan fingerprint density at radius 2 is 2.15 bits per heavy atom. The molecule has 0 radical (unpaired) electrons. The monoisotopic (exact) mass is 277 g/mol. The largest absolute Gasteiger partial charge is 0.497 e. The van der Waals surface area contributed by atoms with Crippen LogP contribution >= 0.6 is 0 Å². The van der Waals surface area contributed by atoms with Gasteiger partial charge in [-0.2, -0.15) is 0 Å². The molecule has 20 heavy (non-hydrogen) atoms. The van der Waals surface area contributed by atoms with Crippen molar-refractivity contribution in [3.63, 3.8) is 0 Å². The smallest absolute Gasteiger partial charge is 0.119 e. The molecule has 112 valence electrons. The lowest BCUT2D eigenvalue weighted by molar-refractivity contribution is -0.116. The summed E-state index contributed by atoms with van der Waals surface area (Å²) in [4.78, 5) is 0. The molecule has 0 bridgehead atoms. The summed E-state index contributed by atoms with van der Waals surface area (Å²) in [5.41, 5.74) is 1.46. The lowest BCUT2D eigenvalue weighted by atomic mass is 9.64. The Hall–Kier alpha value is -1.06. The molecule has 2 unspecified atom stereocenters. The van der Waals surface area contributed by atoms with E-state index in [0.717, 1.165) is 18.8 Å². The van der Waals surface area contributed by atoms with Crippen LogP contribution in [0.3, 0.4) is 0 Å². The van der Waals surface area contributed by atoms with E-state index >= 15 is 0 Å². The van der Waals surface area contributed by atoms with Crippen molar-refractivity contribution in [2.24, 2.45) is 5.41 Å². The molecule has 1 saturated carbocycles. The van der Waals surface area contributed by atoms with Crippen molar-refractivity contribution < 1.29 is 9.47 Å². The van der Waals surface area contributed by atoms with E-state index in [9.17, 15) is 0 Å². The number of benzene rings is 1. The van der Waals surface area contributed by atoms with Gasteiger partial charge in [0.2, 0.25) is 0 Å². The van der Waals surface area contributed by atoms with Gasteiger partial charge in [0, 0.05) is 24.1 Å². The Kier molecular flexibility index (Phi) is 4.71. The van der Waals surface area contributed by atoms with Crippen molar-refractivity contribution >= 4 is 0 Å². The highest BCUT2D eigenvalue weighted by Crippen LogP contribution is 2.43. The summed E-state index contributed by atoms with van der Waals surface area (Å²) in [6.07, 6.45) is 1.47. The number of ether oxygens (including phenoxy) is 2. The second-order valence-electron chi connectivity index (χ2n) is 6.22. The highest BCUT2D eigenvalue weighted by Gasteiger charge is 2.49. The maximum absolute atomic E-state index is 5.79. The van der Waals surface area contributed by atoms with E-state index in [2.05, 4.69) is 45.1 Å². The Balaban J connectivity index is 1.97. The van der Waals surface area contributed by atoms with Crippen molar-refractivity contribution in [2.75, 3.05) is 13.7 Å². The molecule has 0 aliphatic heterocycles. The molecule has 0 heterocycles. The van der Waals surface area contributed by atoms with Crippen LogP contribution in [0.25, 0.3) is 0 Å². The van der Waals surface area contributed by atoms with E-state index in [1.54, 1.807) is 7.11 Å². The van der Waals surface area contributed by atoms with Gasteiger partial charge in [-0.1, -0.05) is 26.0 Å². The fourth-order valence-electron chi connectivity index (χ4n) is 2.96. The molecule has 3 atom stereocenters. The summed E-state index contributed by atoms with van der Waals surface area (Å²) in [7, 11) is 1.71. The topological polar surface area (TPSA) is 30.5 Å². The highest BCUT2D eigenvalue weighted by atomic mass is 16.5. The first-order chi connectivity index (χ1) is 9.48. The lowest BCUT2D eigenvalue weighted by Crippen LogP contribution is -2.61. The molecule has 1 fully saturated rings. The van der Waals surface area contributed by atoms with Crippen LogP contribution in [0.15, 0.2) is 24.3 Å². The zero-order valence-electron chi connectivity index (χ0n) is 13.3. The molecule has 1 aromatic carbocycles. The second kappa shape index (κ2) is 6.15. The van der Waals surface area contributed by atoms with E-state index in [1.807, 2.05) is 12.1 Å². The van der Waals surface area contributed by atoms with Crippen LogP contribution in [-0.4, -0.2) is 25.9 Å². The molecule has 0 amide bonds. The standard InChI is InChI=1S/C17H27NO2/c1-6-20-16-11-15(17(16,3)4)18-12(2)13-8-7-9-14(10-13)19-5/h7-10,12,15-16,18H,6,11H2,1-5H3/t12-,15?,16?/m1/s1. The van der Waals surface area contributed by atoms with Gasteiger partial charge in [-0.05, 0) is 38.0 Å². The quantitative estimate of drug-likeness (QED) is 0.862. The minimum absolute atomic E-state index is 0.198. The summed E-state index contributed by atoms with van der Waals surface area (Å²) < 4.78 is 11.1. The van der Waals surface area contributed by atoms with Crippen LogP contribution in [0.4, 0.5) is 0 Å². The molecule has 2 rings (SSSR count). The zero-order chi connectivity index (χ0) is 14.8. The van der Waals surface area contributed by atoms with E-state index in [0.29, 0.717) is 18.2 Å². The average Bonchev–Trinajstić information content (AvgIpc) is 2.46. The van der Waals surface area contributed by atoms with Crippen molar-refractivity contribution in [3.8, 4) is 5.75 Å². The predicted octanol–water partition coefficient (Wildman–Crippen LogP) is 3.55. The molecular formula is C17H27NO2. The van der Waals surface area contributed by atoms with E-state index < -0.39 is 0 Å². The summed E-state index contributed by atoms with van der Waals surface area (Å²) in [5, 5.41) is 3.73. The summed E-state index contributed by atoms with van der Waals surface area (Å²) in [6, 6.07) is 9.09. The van der Waals surface area contributed by atoms with Crippen LogP contribution in [0.1, 0.15) is 45.7 Å². The Morgan fingerprint density at radius 1 is 1.40 bits per heavy atom. The predicted molar refractivity (Wildman–Crippen MR) is 82.1 cm³/mol. The van der Waals surface area contributed by atoms with Gasteiger partial charge < -0.3 is 14.8 Å². The van der Waals surface area contributed by atoms with Crippen molar-refractivity contribution in [3.05, 3.63) is 29.8 Å². The zero-order valence-corrected chi connectivity index (χ0v) is 13.3. The third-order valence-electron chi connectivity index (χ3n) is 4.59. The molecule has 1 aliphatic carbocycles. The van der Waals surface area contributed by atoms with Crippen LogP contribution in [0, 0.1) is 5.41 Å². The first-order valence-electron chi connectivity index (χ1n) is 7.50. The Labute approximate surface area is 122 Å². The molecule has 3 nitrogen and oxygen atoms in total. The molecule has 1 aromatic rings. The highest BCUT2D eigenvalue weighted by molar-refractivity contribution is 5.30. The van der Waals surface area contributed by atoms with Crippen LogP contribution in [-0.2, 0) is 4.74 Å². The third-order valence-corrected chi connectivity index (χ3v) is 4.59. The summed E-state index contributed by atoms with van der Waals surface area (Å²) >= 11 is 0.